The van der Waals surface area contributed by atoms with Crippen molar-refractivity contribution in [1.82, 2.24) is 0 Å². The van der Waals surface area contributed by atoms with Gasteiger partial charge in [-0.1, -0.05) is 54.9 Å². The molecule has 0 aliphatic heterocycles. The molecule has 6 nitrogen and oxygen atoms in total. The number of nitrogens with one attached hydrogen (secondary N) is 1. The van der Waals surface area contributed by atoms with Crippen LogP contribution in [0.15, 0.2) is 77.7 Å². The second kappa shape index (κ2) is 9.85. The molecule has 1 N–H and O–H groups in total. The lowest BCUT2D eigenvalue weighted by Gasteiger charge is -2.26. The minimum atomic E-state index is -4.07. The minimum Gasteiger partial charge on any atom is -0.495 e. The van der Waals surface area contributed by atoms with Crippen LogP contribution in [-0.2, 0) is 21.2 Å². The van der Waals surface area contributed by atoms with E-state index in [1.807, 2.05) is 25.1 Å². The third-order valence-corrected chi connectivity index (χ3v) is 6.71. The summed E-state index contributed by atoms with van der Waals surface area (Å²) in [4.78, 5) is 13.0. The van der Waals surface area contributed by atoms with Crippen molar-refractivity contribution in [3.05, 3.63) is 83.4 Å². The Bertz CT molecular complexity index is 1170. The lowest BCUT2D eigenvalue weighted by Crippen LogP contribution is -2.38. The number of aryl methyl sites for hydroxylation is 1. The third-order valence-electron chi connectivity index (χ3n) is 4.70. The van der Waals surface area contributed by atoms with E-state index in [1.165, 1.54) is 25.3 Å². The molecular weight excluding hydrogens is 436 g/mol. The summed E-state index contributed by atoms with van der Waals surface area (Å²) in [6.07, 6.45) is 0.727. The predicted molar refractivity (Wildman–Crippen MR) is 123 cm³/mol. The fourth-order valence-corrected chi connectivity index (χ4v) is 4.76. The molecule has 1 amide bonds. The van der Waals surface area contributed by atoms with E-state index in [0.29, 0.717) is 10.7 Å². The number of rotatable bonds is 8. The van der Waals surface area contributed by atoms with Crippen molar-refractivity contribution in [3.8, 4) is 5.75 Å². The van der Waals surface area contributed by atoms with Gasteiger partial charge >= 0.3 is 0 Å². The van der Waals surface area contributed by atoms with Crippen molar-refractivity contribution >= 4 is 38.9 Å². The monoisotopic (exact) mass is 458 g/mol. The van der Waals surface area contributed by atoms with Crippen molar-refractivity contribution in [2.24, 2.45) is 0 Å². The fraction of sp³-hybridized carbons (Fsp3) is 0.174. The van der Waals surface area contributed by atoms with Crippen molar-refractivity contribution in [3.63, 3.8) is 0 Å². The highest BCUT2D eigenvalue weighted by Crippen LogP contribution is 2.34. The van der Waals surface area contributed by atoms with E-state index >= 15 is 0 Å². The molecular formula is C23H23ClN2O4S. The number of benzene rings is 3. The van der Waals surface area contributed by atoms with E-state index in [0.717, 1.165) is 16.3 Å². The van der Waals surface area contributed by atoms with E-state index < -0.39 is 22.5 Å². The number of carbonyl (C=O) groups excluding carboxylic acids is 1. The number of anilines is 2. The van der Waals surface area contributed by atoms with E-state index in [9.17, 15) is 13.2 Å². The van der Waals surface area contributed by atoms with Crippen molar-refractivity contribution in [1.29, 1.82) is 0 Å². The van der Waals surface area contributed by atoms with Gasteiger partial charge in [0, 0.05) is 10.7 Å². The van der Waals surface area contributed by atoms with Crippen LogP contribution in [0.2, 0.25) is 5.02 Å². The SMILES string of the molecule is CCc1ccccc1NC(=O)CN(c1cc(Cl)ccc1OC)S(=O)(=O)c1ccccc1. The maximum atomic E-state index is 13.5. The van der Waals surface area contributed by atoms with Gasteiger partial charge in [-0.25, -0.2) is 8.42 Å². The molecule has 0 unspecified atom stereocenters. The van der Waals surface area contributed by atoms with Crippen molar-refractivity contribution in [2.75, 3.05) is 23.3 Å². The molecule has 0 aliphatic carbocycles. The van der Waals surface area contributed by atoms with Gasteiger partial charge in [0.05, 0.1) is 17.7 Å². The lowest BCUT2D eigenvalue weighted by molar-refractivity contribution is -0.114. The minimum absolute atomic E-state index is 0.0544. The molecule has 0 spiro atoms. The van der Waals surface area contributed by atoms with Crippen LogP contribution in [0, 0.1) is 0 Å². The average Bonchev–Trinajstić information content (AvgIpc) is 2.78. The van der Waals surface area contributed by atoms with Gasteiger partial charge in [-0.05, 0) is 48.4 Å². The van der Waals surface area contributed by atoms with Gasteiger partial charge in [0.25, 0.3) is 10.0 Å². The maximum absolute atomic E-state index is 13.5. The molecule has 31 heavy (non-hydrogen) atoms. The number of methoxy groups -OCH3 is 1. The Hall–Kier alpha value is -3.03. The third kappa shape index (κ3) is 5.18. The first-order chi connectivity index (χ1) is 14.9. The van der Waals surface area contributed by atoms with Gasteiger partial charge in [-0.15, -0.1) is 0 Å². The van der Waals surface area contributed by atoms with Gasteiger partial charge in [-0.2, -0.15) is 0 Å². The molecule has 8 heteroatoms. The Kier molecular flexibility index (Phi) is 7.20. The van der Waals surface area contributed by atoms with Crippen LogP contribution in [0.3, 0.4) is 0 Å². The number of ether oxygens (including phenoxy) is 1. The predicted octanol–water partition coefficient (Wildman–Crippen LogP) is 4.75. The van der Waals surface area contributed by atoms with Crippen LogP contribution in [0.4, 0.5) is 11.4 Å². The smallest absolute Gasteiger partial charge is 0.264 e. The highest BCUT2D eigenvalue weighted by atomic mass is 35.5. The van der Waals surface area contributed by atoms with Gasteiger partial charge in [0.15, 0.2) is 0 Å². The number of halogens is 1. The van der Waals surface area contributed by atoms with Crippen LogP contribution in [0.1, 0.15) is 12.5 Å². The standard InChI is InChI=1S/C23H23ClN2O4S/c1-3-17-9-7-8-12-20(17)25-23(27)16-26(21-15-18(24)13-14-22(21)30-2)31(28,29)19-10-5-4-6-11-19/h4-15H,3,16H2,1-2H3,(H,25,27). The summed E-state index contributed by atoms with van der Waals surface area (Å²) >= 11 is 6.14. The molecule has 0 fully saturated rings. The zero-order chi connectivity index (χ0) is 22.4. The number of sulfonamides is 1. The number of amides is 1. The van der Waals surface area contributed by atoms with Crippen LogP contribution in [-0.4, -0.2) is 28.0 Å². The largest absolute Gasteiger partial charge is 0.495 e. The van der Waals surface area contributed by atoms with Crippen molar-refractivity contribution < 1.29 is 17.9 Å². The zero-order valence-electron chi connectivity index (χ0n) is 17.2. The molecule has 0 atom stereocenters. The number of nitrogens with zero attached hydrogens (tertiary/aromatic N) is 1. The molecule has 0 aromatic heterocycles. The van der Waals surface area contributed by atoms with Crippen LogP contribution in [0.5, 0.6) is 5.75 Å². The number of hydrogen-bond donors (Lipinski definition) is 1. The molecule has 0 bridgehead atoms. The maximum Gasteiger partial charge on any atom is 0.264 e. The van der Waals surface area contributed by atoms with Crippen LogP contribution >= 0.6 is 11.6 Å². The molecule has 3 rings (SSSR count). The summed E-state index contributed by atoms with van der Waals surface area (Å²) in [5, 5.41) is 3.14. The quantitative estimate of drug-likeness (QED) is 0.528. The summed E-state index contributed by atoms with van der Waals surface area (Å²) in [6, 6.07) is 19.9. The van der Waals surface area contributed by atoms with Gasteiger partial charge in [-0.3, -0.25) is 9.10 Å². The van der Waals surface area contributed by atoms with Gasteiger partial charge in [0.2, 0.25) is 5.91 Å². The van der Waals surface area contributed by atoms with E-state index in [1.54, 1.807) is 36.4 Å². The number of hydrogen-bond acceptors (Lipinski definition) is 4. The van der Waals surface area contributed by atoms with Gasteiger partial charge < -0.3 is 10.1 Å². The molecule has 162 valence electrons. The molecule has 0 aliphatic rings. The molecule has 3 aromatic carbocycles. The Morgan fingerprint density at radius 2 is 1.71 bits per heavy atom. The molecule has 0 saturated heterocycles. The highest BCUT2D eigenvalue weighted by molar-refractivity contribution is 7.92. The summed E-state index contributed by atoms with van der Waals surface area (Å²) in [5.41, 5.74) is 1.77. The van der Waals surface area contributed by atoms with E-state index in [4.69, 9.17) is 16.3 Å². The Morgan fingerprint density at radius 1 is 1.03 bits per heavy atom. The average molecular weight is 459 g/mol. The topological polar surface area (TPSA) is 75.7 Å². The van der Waals surface area contributed by atoms with E-state index in [-0.39, 0.29) is 16.3 Å². The van der Waals surface area contributed by atoms with Crippen LogP contribution in [0.25, 0.3) is 0 Å². The first kappa shape index (κ1) is 22.7. The second-order valence-corrected chi connectivity index (χ2v) is 9.00. The molecule has 0 radical (unpaired) electrons. The number of para-hydroxylation sites is 1. The van der Waals surface area contributed by atoms with Crippen LogP contribution < -0.4 is 14.4 Å². The van der Waals surface area contributed by atoms with E-state index in [2.05, 4.69) is 5.32 Å². The highest BCUT2D eigenvalue weighted by Gasteiger charge is 2.29. The summed E-state index contributed by atoms with van der Waals surface area (Å²) in [7, 11) is -2.64. The molecule has 3 aromatic rings. The summed E-state index contributed by atoms with van der Waals surface area (Å²) in [5.74, 6) is -0.201. The summed E-state index contributed by atoms with van der Waals surface area (Å²) in [6.45, 7) is 1.53. The Labute approximate surface area is 187 Å². The van der Waals surface area contributed by atoms with Gasteiger partial charge in [0.1, 0.15) is 12.3 Å². The first-order valence-corrected chi connectivity index (χ1v) is 11.5. The fourth-order valence-electron chi connectivity index (χ4n) is 3.15. The normalized spacial score (nSPS) is 11.1. The Balaban J connectivity index is 2.03. The Morgan fingerprint density at radius 3 is 2.39 bits per heavy atom. The molecule has 0 heterocycles. The lowest BCUT2D eigenvalue weighted by atomic mass is 10.1. The second-order valence-electron chi connectivity index (χ2n) is 6.70. The van der Waals surface area contributed by atoms with Crippen molar-refractivity contribution in [2.45, 2.75) is 18.2 Å². The first-order valence-electron chi connectivity index (χ1n) is 9.66. The summed E-state index contributed by atoms with van der Waals surface area (Å²) < 4.78 is 33.3. The zero-order valence-corrected chi connectivity index (χ0v) is 18.8. The number of carbonyl (C=O) groups is 1. The molecule has 0 saturated carbocycles.